The molecule has 19 heavy (non-hydrogen) atoms. The number of pyridine rings is 1. The van der Waals surface area contributed by atoms with Crippen LogP contribution in [0.1, 0.15) is 23.7 Å². The van der Waals surface area contributed by atoms with E-state index in [2.05, 4.69) is 16.8 Å². The molecule has 2 rings (SSSR count). The van der Waals surface area contributed by atoms with Crippen LogP contribution in [-0.2, 0) is 0 Å². The average Bonchev–Trinajstić information content (AvgIpc) is 2.39. The van der Waals surface area contributed by atoms with Gasteiger partial charge >= 0.3 is 5.97 Å². The Hall–Kier alpha value is -1.69. The van der Waals surface area contributed by atoms with Crippen molar-refractivity contribution in [3.63, 3.8) is 0 Å². The summed E-state index contributed by atoms with van der Waals surface area (Å²) in [6.07, 6.45) is 2.31. The number of aromatic carboxylic acids is 1. The minimum atomic E-state index is -1.26. The van der Waals surface area contributed by atoms with Crippen LogP contribution in [0.4, 0.5) is 10.2 Å². The van der Waals surface area contributed by atoms with Crippen LogP contribution >= 0.6 is 0 Å². The third-order valence-corrected chi connectivity index (χ3v) is 3.65. The van der Waals surface area contributed by atoms with Crippen LogP contribution in [-0.4, -0.2) is 53.7 Å². The second kappa shape index (κ2) is 5.52. The number of halogens is 1. The first-order valence-corrected chi connectivity index (χ1v) is 6.37. The van der Waals surface area contributed by atoms with Crippen LogP contribution in [0.5, 0.6) is 0 Å². The largest absolute Gasteiger partial charge is 0.478 e. The zero-order valence-electron chi connectivity index (χ0n) is 11.1. The maximum atomic E-state index is 14.1. The Morgan fingerprint density at radius 2 is 2.32 bits per heavy atom. The number of piperazine rings is 1. The molecule has 0 saturated carbocycles. The van der Waals surface area contributed by atoms with Crippen molar-refractivity contribution in [2.45, 2.75) is 19.4 Å². The summed E-state index contributed by atoms with van der Waals surface area (Å²) in [6.45, 7) is 4.22. The predicted molar refractivity (Wildman–Crippen MR) is 70.1 cm³/mol. The minimum Gasteiger partial charge on any atom is -0.478 e. The van der Waals surface area contributed by atoms with Crippen LogP contribution < -0.4 is 4.90 Å². The Bertz CT molecular complexity index is 481. The lowest BCUT2D eigenvalue weighted by Crippen LogP contribution is -2.51. The highest BCUT2D eigenvalue weighted by atomic mass is 19.1. The standard InChI is InChI=1S/C13H18FN3O2/c1-3-9-8-17(7-6-16(9)2)12-11(14)10(13(18)19)4-5-15-12/h4-5,9H,3,6-8H2,1-2H3,(H,18,19). The van der Waals surface area contributed by atoms with Gasteiger partial charge in [-0.25, -0.2) is 14.2 Å². The van der Waals surface area contributed by atoms with Gasteiger partial charge in [-0.2, -0.15) is 0 Å². The molecule has 1 saturated heterocycles. The molecule has 0 radical (unpaired) electrons. The first-order valence-electron chi connectivity index (χ1n) is 6.37. The van der Waals surface area contributed by atoms with Crippen LogP contribution in [0.3, 0.4) is 0 Å². The number of nitrogens with zero attached hydrogens (tertiary/aromatic N) is 3. The molecular weight excluding hydrogens is 249 g/mol. The zero-order chi connectivity index (χ0) is 14.0. The van der Waals surface area contributed by atoms with E-state index in [0.29, 0.717) is 19.1 Å². The van der Waals surface area contributed by atoms with Crippen molar-refractivity contribution in [3.8, 4) is 0 Å². The summed E-state index contributed by atoms with van der Waals surface area (Å²) in [5, 5.41) is 8.93. The number of carbonyl (C=O) groups is 1. The highest BCUT2D eigenvalue weighted by Gasteiger charge is 2.27. The van der Waals surface area contributed by atoms with E-state index < -0.39 is 11.8 Å². The first kappa shape index (κ1) is 13.7. The maximum Gasteiger partial charge on any atom is 0.338 e. The molecule has 1 aromatic heterocycles. The number of hydrogen-bond acceptors (Lipinski definition) is 4. The second-order valence-corrected chi connectivity index (χ2v) is 4.79. The Morgan fingerprint density at radius 3 is 2.95 bits per heavy atom. The molecule has 0 amide bonds. The smallest absolute Gasteiger partial charge is 0.338 e. The molecule has 2 heterocycles. The van der Waals surface area contributed by atoms with Crippen LogP contribution in [0.15, 0.2) is 12.3 Å². The Morgan fingerprint density at radius 1 is 1.58 bits per heavy atom. The fourth-order valence-corrected chi connectivity index (χ4v) is 2.40. The normalized spacial score (nSPS) is 20.6. The summed E-state index contributed by atoms with van der Waals surface area (Å²) in [5.41, 5.74) is -0.322. The molecule has 104 valence electrons. The van der Waals surface area contributed by atoms with Gasteiger partial charge < -0.3 is 10.0 Å². The predicted octanol–water partition coefficient (Wildman–Crippen LogP) is 1.45. The molecule has 1 atom stereocenters. The van der Waals surface area contributed by atoms with E-state index in [4.69, 9.17) is 5.11 Å². The van der Waals surface area contributed by atoms with E-state index in [1.807, 2.05) is 11.9 Å². The summed E-state index contributed by atoms with van der Waals surface area (Å²) in [5.74, 6) is -1.86. The molecular formula is C13H18FN3O2. The third kappa shape index (κ3) is 2.68. The van der Waals surface area contributed by atoms with Gasteiger partial charge in [-0.15, -0.1) is 0 Å². The molecule has 6 heteroatoms. The summed E-state index contributed by atoms with van der Waals surface area (Å²) in [6, 6.07) is 1.53. The summed E-state index contributed by atoms with van der Waals surface area (Å²) < 4.78 is 14.1. The molecule has 0 aromatic carbocycles. The Labute approximate surface area is 111 Å². The van der Waals surface area contributed by atoms with E-state index in [-0.39, 0.29) is 11.4 Å². The first-order chi connectivity index (χ1) is 9.04. The number of likely N-dealkylation sites (N-methyl/N-ethyl adjacent to an activating group) is 1. The molecule has 1 unspecified atom stereocenters. The Kier molecular flexibility index (Phi) is 3.99. The number of hydrogen-bond donors (Lipinski definition) is 1. The van der Waals surface area contributed by atoms with E-state index in [0.717, 1.165) is 13.0 Å². The number of carboxylic acid groups (broad SMARTS) is 1. The van der Waals surface area contributed by atoms with E-state index >= 15 is 0 Å². The highest BCUT2D eigenvalue weighted by molar-refractivity contribution is 5.88. The summed E-state index contributed by atoms with van der Waals surface area (Å²) in [7, 11) is 2.04. The van der Waals surface area contributed by atoms with Gasteiger partial charge in [0.25, 0.3) is 0 Å². The molecule has 0 spiro atoms. The average molecular weight is 267 g/mol. The maximum absolute atomic E-state index is 14.1. The van der Waals surface area contributed by atoms with Gasteiger partial charge in [0.2, 0.25) is 0 Å². The van der Waals surface area contributed by atoms with Crippen molar-refractivity contribution in [2.75, 3.05) is 31.6 Å². The lowest BCUT2D eigenvalue weighted by molar-refractivity contribution is 0.0691. The monoisotopic (exact) mass is 267 g/mol. The fraction of sp³-hybridized carbons (Fsp3) is 0.538. The van der Waals surface area contributed by atoms with Crippen LogP contribution in [0.25, 0.3) is 0 Å². The molecule has 1 aliphatic rings. The van der Waals surface area contributed by atoms with Crippen molar-refractivity contribution < 1.29 is 14.3 Å². The highest BCUT2D eigenvalue weighted by Crippen LogP contribution is 2.22. The van der Waals surface area contributed by atoms with Crippen molar-refractivity contribution >= 4 is 11.8 Å². The molecule has 1 fully saturated rings. The number of carboxylic acids is 1. The SMILES string of the molecule is CCC1CN(c2nccc(C(=O)O)c2F)CCN1C. The zero-order valence-corrected chi connectivity index (χ0v) is 11.1. The van der Waals surface area contributed by atoms with E-state index in [9.17, 15) is 9.18 Å². The third-order valence-electron chi connectivity index (χ3n) is 3.65. The van der Waals surface area contributed by atoms with Crippen LogP contribution in [0, 0.1) is 5.82 Å². The van der Waals surface area contributed by atoms with Crippen molar-refractivity contribution in [2.24, 2.45) is 0 Å². The molecule has 1 N–H and O–H groups in total. The van der Waals surface area contributed by atoms with Crippen LogP contribution in [0.2, 0.25) is 0 Å². The number of rotatable bonds is 3. The quantitative estimate of drug-likeness (QED) is 0.898. The van der Waals surface area contributed by atoms with Gasteiger partial charge in [-0.1, -0.05) is 6.92 Å². The topological polar surface area (TPSA) is 56.7 Å². The molecule has 1 aromatic rings. The lowest BCUT2D eigenvalue weighted by Gasteiger charge is -2.39. The second-order valence-electron chi connectivity index (χ2n) is 4.79. The van der Waals surface area contributed by atoms with Gasteiger partial charge in [0.05, 0.1) is 0 Å². The van der Waals surface area contributed by atoms with Crippen molar-refractivity contribution in [1.29, 1.82) is 0 Å². The molecule has 0 bridgehead atoms. The number of aromatic nitrogens is 1. The van der Waals surface area contributed by atoms with Gasteiger partial charge in [0.15, 0.2) is 11.6 Å². The summed E-state index contributed by atoms with van der Waals surface area (Å²) >= 11 is 0. The van der Waals surface area contributed by atoms with Gasteiger partial charge in [0.1, 0.15) is 5.56 Å². The van der Waals surface area contributed by atoms with Gasteiger partial charge in [0, 0.05) is 31.9 Å². The van der Waals surface area contributed by atoms with E-state index in [1.165, 1.54) is 12.3 Å². The van der Waals surface area contributed by atoms with Gasteiger partial charge in [-0.3, -0.25) is 4.90 Å². The van der Waals surface area contributed by atoms with E-state index in [1.54, 1.807) is 0 Å². The molecule has 5 nitrogen and oxygen atoms in total. The van der Waals surface area contributed by atoms with Crippen molar-refractivity contribution in [3.05, 3.63) is 23.6 Å². The minimum absolute atomic E-state index is 0.145. The van der Waals surface area contributed by atoms with Gasteiger partial charge in [-0.05, 0) is 19.5 Å². The fourth-order valence-electron chi connectivity index (χ4n) is 2.40. The summed E-state index contributed by atoms with van der Waals surface area (Å²) in [4.78, 5) is 19.0. The number of anilines is 1. The Balaban J connectivity index is 2.27. The van der Waals surface area contributed by atoms with Crippen molar-refractivity contribution in [1.82, 2.24) is 9.88 Å². The molecule has 1 aliphatic heterocycles. The molecule has 0 aliphatic carbocycles. The lowest BCUT2D eigenvalue weighted by atomic mass is 10.1.